The van der Waals surface area contributed by atoms with Crippen molar-refractivity contribution in [3.05, 3.63) is 82.4 Å². The van der Waals surface area contributed by atoms with Crippen LogP contribution >= 0.6 is 0 Å². The Kier molecular flexibility index (Phi) is 7.51. The number of halogens is 1. The Morgan fingerprint density at radius 1 is 1.06 bits per heavy atom. The van der Waals surface area contributed by atoms with Gasteiger partial charge in [0.15, 0.2) is 0 Å². The number of nitrogens with zero attached hydrogens (tertiary/aromatic N) is 4. The Labute approximate surface area is 213 Å². The van der Waals surface area contributed by atoms with E-state index >= 15 is 0 Å². The summed E-state index contributed by atoms with van der Waals surface area (Å²) in [4.78, 5) is 17.8. The summed E-state index contributed by atoms with van der Waals surface area (Å²) in [6.07, 6.45) is 6.47. The first-order valence-electron chi connectivity index (χ1n) is 13.4. The SMILES string of the molecule is CCN(Cc1nn(-c2ccc(C)cc2)c2c1CN(Cc1ccc(F)cc1)CC2)C(=O)C1CCCCC1. The number of hydrogen-bond donors (Lipinski definition) is 0. The van der Waals surface area contributed by atoms with Crippen molar-refractivity contribution < 1.29 is 9.18 Å². The van der Waals surface area contributed by atoms with Gasteiger partial charge in [0, 0.05) is 44.1 Å². The van der Waals surface area contributed by atoms with Crippen molar-refractivity contribution in [2.45, 2.75) is 72.0 Å². The topological polar surface area (TPSA) is 41.4 Å². The van der Waals surface area contributed by atoms with Crippen LogP contribution < -0.4 is 0 Å². The molecule has 0 unspecified atom stereocenters. The van der Waals surface area contributed by atoms with Crippen molar-refractivity contribution in [3.8, 4) is 5.69 Å². The normalized spacial score (nSPS) is 16.6. The minimum absolute atomic E-state index is 0.156. The molecule has 6 heteroatoms. The Bertz CT molecular complexity index is 1180. The molecule has 0 N–H and O–H groups in total. The summed E-state index contributed by atoms with van der Waals surface area (Å²) in [6, 6.07) is 15.3. The Morgan fingerprint density at radius 2 is 1.78 bits per heavy atom. The smallest absolute Gasteiger partial charge is 0.226 e. The highest BCUT2D eigenvalue weighted by molar-refractivity contribution is 5.78. The Balaban J connectivity index is 1.43. The molecule has 1 amide bonds. The van der Waals surface area contributed by atoms with Gasteiger partial charge >= 0.3 is 0 Å². The van der Waals surface area contributed by atoms with Crippen molar-refractivity contribution in [1.29, 1.82) is 0 Å². The van der Waals surface area contributed by atoms with Crippen LogP contribution in [0, 0.1) is 18.7 Å². The highest BCUT2D eigenvalue weighted by atomic mass is 19.1. The van der Waals surface area contributed by atoms with Gasteiger partial charge in [0.1, 0.15) is 5.82 Å². The van der Waals surface area contributed by atoms with Crippen molar-refractivity contribution >= 4 is 5.91 Å². The predicted molar refractivity (Wildman–Crippen MR) is 140 cm³/mol. The Hall–Kier alpha value is -2.99. The first-order chi connectivity index (χ1) is 17.5. The zero-order valence-corrected chi connectivity index (χ0v) is 21.5. The van der Waals surface area contributed by atoms with Crippen LogP contribution in [0.3, 0.4) is 0 Å². The number of carbonyl (C=O) groups is 1. The molecule has 0 spiro atoms. The summed E-state index contributed by atoms with van der Waals surface area (Å²) < 4.78 is 15.5. The number of benzene rings is 2. The van der Waals surface area contributed by atoms with Crippen LogP contribution in [0.5, 0.6) is 0 Å². The molecule has 5 rings (SSSR count). The van der Waals surface area contributed by atoms with Gasteiger partial charge in [-0.05, 0) is 56.5 Å². The van der Waals surface area contributed by atoms with E-state index in [9.17, 15) is 9.18 Å². The van der Waals surface area contributed by atoms with Gasteiger partial charge in [0.25, 0.3) is 0 Å². The number of aryl methyl sites for hydroxylation is 1. The molecule has 1 aliphatic carbocycles. The van der Waals surface area contributed by atoms with E-state index in [1.54, 1.807) is 0 Å². The third-order valence-corrected chi connectivity index (χ3v) is 7.81. The molecule has 5 nitrogen and oxygen atoms in total. The average molecular weight is 489 g/mol. The van der Waals surface area contributed by atoms with Gasteiger partial charge in [-0.2, -0.15) is 5.10 Å². The second-order valence-electron chi connectivity index (χ2n) is 10.4. The van der Waals surface area contributed by atoms with Gasteiger partial charge in [0.05, 0.1) is 23.6 Å². The van der Waals surface area contributed by atoms with Gasteiger partial charge in [0.2, 0.25) is 5.91 Å². The summed E-state index contributed by atoms with van der Waals surface area (Å²) in [5.74, 6) is 0.238. The highest BCUT2D eigenvalue weighted by Crippen LogP contribution is 2.30. The third-order valence-electron chi connectivity index (χ3n) is 7.81. The van der Waals surface area contributed by atoms with Gasteiger partial charge in [-0.1, -0.05) is 49.1 Å². The molecule has 2 aromatic carbocycles. The van der Waals surface area contributed by atoms with E-state index in [-0.39, 0.29) is 17.6 Å². The van der Waals surface area contributed by atoms with Crippen LogP contribution in [-0.2, 0) is 30.8 Å². The molecule has 2 heterocycles. The van der Waals surface area contributed by atoms with Crippen LogP contribution in [0.25, 0.3) is 5.69 Å². The second kappa shape index (κ2) is 11.0. The lowest BCUT2D eigenvalue weighted by molar-refractivity contribution is -0.137. The summed E-state index contributed by atoms with van der Waals surface area (Å²) in [5.41, 5.74) is 6.87. The maximum atomic E-state index is 13.4. The standard InChI is InChI=1S/C30H37FN4O/c1-3-34(30(36)24-7-5-4-6-8-24)21-28-27-20-33(19-23-11-13-25(31)14-12-23)18-17-29(27)35(32-28)26-15-9-22(2)10-16-26/h9-16,24H,3-8,17-21H2,1-2H3. The molecule has 36 heavy (non-hydrogen) atoms. The zero-order valence-electron chi connectivity index (χ0n) is 21.5. The number of aromatic nitrogens is 2. The molecular formula is C30H37FN4O. The van der Waals surface area contributed by atoms with E-state index in [1.807, 2.05) is 17.0 Å². The zero-order chi connectivity index (χ0) is 25.1. The molecular weight excluding hydrogens is 451 g/mol. The highest BCUT2D eigenvalue weighted by Gasteiger charge is 2.30. The number of rotatable bonds is 7. The van der Waals surface area contributed by atoms with Gasteiger partial charge in [-0.15, -0.1) is 0 Å². The number of fused-ring (bicyclic) bond motifs is 1. The predicted octanol–water partition coefficient (Wildman–Crippen LogP) is 5.81. The van der Waals surface area contributed by atoms with E-state index < -0.39 is 0 Å². The van der Waals surface area contributed by atoms with Crippen LogP contribution in [0.2, 0.25) is 0 Å². The van der Waals surface area contributed by atoms with Crippen LogP contribution in [0.1, 0.15) is 67.1 Å². The van der Waals surface area contributed by atoms with Crippen LogP contribution in [0.4, 0.5) is 4.39 Å². The van der Waals surface area contributed by atoms with Gasteiger partial charge in [-0.25, -0.2) is 9.07 Å². The van der Waals surface area contributed by atoms with Crippen LogP contribution in [0.15, 0.2) is 48.5 Å². The second-order valence-corrected chi connectivity index (χ2v) is 10.4. The molecule has 1 aliphatic heterocycles. The fourth-order valence-electron chi connectivity index (χ4n) is 5.69. The van der Waals surface area contributed by atoms with E-state index in [4.69, 9.17) is 5.10 Å². The van der Waals surface area contributed by atoms with E-state index in [1.165, 1.54) is 35.4 Å². The molecule has 0 saturated heterocycles. The quantitative estimate of drug-likeness (QED) is 0.422. The molecule has 0 radical (unpaired) electrons. The van der Waals surface area contributed by atoms with Crippen molar-refractivity contribution in [2.24, 2.45) is 5.92 Å². The summed E-state index contributed by atoms with van der Waals surface area (Å²) in [6.45, 7) is 7.89. The molecule has 1 saturated carbocycles. The van der Waals surface area contributed by atoms with Crippen molar-refractivity contribution in [1.82, 2.24) is 19.6 Å². The minimum Gasteiger partial charge on any atom is -0.337 e. The maximum Gasteiger partial charge on any atom is 0.226 e. The molecule has 3 aromatic rings. The minimum atomic E-state index is -0.205. The lowest BCUT2D eigenvalue weighted by atomic mass is 9.88. The lowest BCUT2D eigenvalue weighted by Gasteiger charge is -2.30. The monoisotopic (exact) mass is 488 g/mol. The van der Waals surface area contributed by atoms with Gasteiger partial charge in [-0.3, -0.25) is 9.69 Å². The molecule has 0 bridgehead atoms. The molecule has 2 aliphatic rings. The summed E-state index contributed by atoms with van der Waals surface area (Å²) >= 11 is 0. The fourth-order valence-corrected chi connectivity index (χ4v) is 5.69. The first-order valence-corrected chi connectivity index (χ1v) is 13.4. The van der Waals surface area contributed by atoms with E-state index in [0.717, 1.165) is 68.7 Å². The number of amides is 1. The van der Waals surface area contributed by atoms with Crippen LogP contribution in [-0.4, -0.2) is 38.6 Å². The molecule has 1 aromatic heterocycles. The summed E-state index contributed by atoms with van der Waals surface area (Å²) in [5, 5.41) is 5.11. The molecule has 0 atom stereocenters. The third kappa shape index (κ3) is 5.39. The van der Waals surface area contributed by atoms with Crippen molar-refractivity contribution in [2.75, 3.05) is 13.1 Å². The molecule has 190 valence electrons. The number of carbonyl (C=O) groups excluding carboxylic acids is 1. The first kappa shape index (κ1) is 24.7. The average Bonchev–Trinajstić information content (AvgIpc) is 3.26. The van der Waals surface area contributed by atoms with E-state index in [2.05, 4.69) is 47.7 Å². The maximum absolute atomic E-state index is 13.4. The molecule has 1 fully saturated rings. The van der Waals surface area contributed by atoms with Crippen molar-refractivity contribution in [3.63, 3.8) is 0 Å². The Morgan fingerprint density at radius 3 is 2.47 bits per heavy atom. The fraction of sp³-hybridized carbons (Fsp3) is 0.467. The largest absolute Gasteiger partial charge is 0.337 e. The summed E-state index contributed by atoms with van der Waals surface area (Å²) in [7, 11) is 0. The van der Waals surface area contributed by atoms with E-state index in [0.29, 0.717) is 13.1 Å². The number of hydrogen-bond acceptors (Lipinski definition) is 3. The lowest BCUT2D eigenvalue weighted by Crippen LogP contribution is -2.37. The van der Waals surface area contributed by atoms with Gasteiger partial charge < -0.3 is 4.90 Å².